The number of ether oxygens (including phenoxy) is 1. The number of hydrogen-bond acceptors (Lipinski definition) is 3. The molecule has 0 spiro atoms. The zero-order valence-electron chi connectivity index (χ0n) is 11.7. The van der Waals surface area contributed by atoms with Gasteiger partial charge in [0.15, 0.2) is 0 Å². The molecule has 0 bridgehead atoms. The van der Waals surface area contributed by atoms with E-state index < -0.39 is 0 Å². The molecule has 0 saturated carbocycles. The van der Waals surface area contributed by atoms with Crippen molar-refractivity contribution in [2.24, 2.45) is 5.73 Å². The lowest BCUT2D eigenvalue weighted by atomic mass is 10.0. The second-order valence-electron chi connectivity index (χ2n) is 4.52. The molecule has 2 aromatic rings. The monoisotopic (exact) mass is 272 g/mol. The molecule has 0 aromatic heterocycles. The number of nitrogens with two attached hydrogens (primary N) is 1. The topological polar surface area (TPSA) is 64.3 Å². The molecule has 4 nitrogen and oxygen atoms in total. The summed E-state index contributed by atoms with van der Waals surface area (Å²) in [7, 11) is 0. The summed E-state index contributed by atoms with van der Waals surface area (Å²) in [5.41, 5.74) is 6.82. The number of hydrogen-bond donors (Lipinski definition) is 2. The molecule has 0 heterocycles. The molecule has 106 valence electrons. The van der Waals surface area contributed by atoms with E-state index in [-0.39, 0.29) is 5.91 Å². The van der Waals surface area contributed by atoms with Crippen LogP contribution in [-0.2, 0) is 11.3 Å². The third-order valence-corrected chi connectivity index (χ3v) is 3.16. The minimum atomic E-state index is 0.00240. The fourth-order valence-electron chi connectivity index (χ4n) is 2.20. The van der Waals surface area contributed by atoms with E-state index in [0.717, 1.165) is 22.1 Å². The summed E-state index contributed by atoms with van der Waals surface area (Å²) in [4.78, 5) is 11.4. The van der Waals surface area contributed by atoms with Crippen molar-refractivity contribution >= 4 is 16.7 Å². The predicted molar refractivity (Wildman–Crippen MR) is 80.6 cm³/mol. The van der Waals surface area contributed by atoms with Crippen molar-refractivity contribution in [1.82, 2.24) is 5.32 Å². The highest BCUT2D eigenvalue weighted by Gasteiger charge is 2.08. The van der Waals surface area contributed by atoms with Gasteiger partial charge >= 0.3 is 0 Å². The molecular formula is C16H20N2O2. The average Bonchev–Trinajstić information content (AvgIpc) is 2.47. The van der Waals surface area contributed by atoms with Gasteiger partial charge in [0.25, 0.3) is 0 Å². The fourth-order valence-corrected chi connectivity index (χ4v) is 2.20. The Bertz CT molecular complexity index is 596. The molecule has 0 aliphatic carbocycles. The van der Waals surface area contributed by atoms with E-state index in [9.17, 15) is 4.79 Å². The highest BCUT2D eigenvalue weighted by Crippen LogP contribution is 2.27. The zero-order valence-corrected chi connectivity index (χ0v) is 11.7. The van der Waals surface area contributed by atoms with Crippen molar-refractivity contribution < 1.29 is 9.53 Å². The quantitative estimate of drug-likeness (QED) is 0.847. The second kappa shape index (κ2) is 6.91. The third-order valence-electron chi connectivity index (χ3n) is 3.16. The zero-order chi connectivity index (χ0) is 14.4. The molecule has 2 aromatic carbocycles. The van der Waals surface area contributed by atoms with Crippen LogP contribution in [0.25, 0.3) is 10.8 Å². The molecule has 0 unspecified atom stereocenters. The van der Waals surface area contributed by atoms with E-state index in [1.54, 1.807) is 0 Å². The Hall–Kier alpha value is -2.07. The fraction of sp³-hybridized carbons (Fsp3) is 0.312. The summed E-state index contributed by atoms with van der Waals surface area (Å²) in [5.74, 6) is 0.762. The first kappa shape index (κ1) is 14.3. The van der Waals surface area contributed by atoms with Crippen LogP contribution in [0.1, 0.15) is 18.9 Å². The molecule has 0 atom stereocenters. The first-order valence-electron chi connectivity index (χ1n) is 6.86. The van der Waals surface area contributed by atoms with Crippen LogP contribution < -0.4 is 15.8 Å². The lowest BCUT2D eigenvalue weighted by Gasteiger charge is -2.13. The van der Waals surface area contributed by atoms with Gasteiger partial charge in [-0.1, -0.05) is 30.3 Å². The van der Waals surface area contributed by atoms with Crippen LogP contribution in [0.4, 0.5) is 0 Å². The Balaban J connectivity index is 2.12. The van der Waals surface area contributed by atoms with Crippen molar-refractivity contribution in [2.45, 2.75) is 19.9 Å². The van der Waals surface area contributed by atoms with Crippen molar-refractivity contribution in [1.29, 1.82) is 0 Å². The Kier molecular flexibility index (Phi) is 4.96. The van der Waals surface area contributed by atoms with Gasteiger partial charge in [0.05, 0.1) is 13.0 Å². The molecule has 2 rings (SSSR count). The summed E-state index contributed by atoms with van der Waals surface area (Å²) in [5, 5.41) is 4.99. The van der Waals surface area contributed by atoms with Gasteiger partial charge in [-0.05, 0) is 23.8 Å². The summed E-state index contributed by atoms with van der Waals surface area (Å²) in [6, 6.07) is 12.0. The van der Waals surface area contributed by atoms with E-state index in [1.165, 1.54) is 0 Å². The number of amides is 1. The average molecular weight is 272 g/mol. The van der Waals surface area contributed by atoms with Gasteiger partial charge in [0, 0.05) is 18.7 Å². The summed E-state index contributed by atoms with van der Waals surface area (Å²) < 4.78 is 5.71. The van der Waals surface area contributed by atoms with E-state index in [2.05, 4.69) is 5.32 Å². The Morgan fingerprint density at radius 2 is 2.05 bits per heavy atom. The van der Waals surface area contributed by atoms with Crippen LogP contribution in [0, 0.1) is 0 Å². The molecular weight excluding hydrogens is 252 g/mol. The molecule has 4 heteroatoms. The van der Waals surface area contributed by atoms with Gasteiger partial charge in [-0.2, -0.15) is 0 Å². The van der Waals surface area contributed by atoms with Crippen molar-refractivity contribution in [3.8, 4) is 5.75 Å². The lowest BCUT2D eigenvalue weighted by molar-refractivity contribution is -0.121. The largest absolute Gasteiger partial charge is 0.493 e. The number of carbonyl (C=O) groups excluding carboxylic acids is 1. The van der Waals surface area contributed by atoms with Gasteiger partial charge in [-0.15, -0.1) is 0 Å². The van der Waals surface area contributed by atoms with Crippen LogP contribution >= 0.6 is 0 Å². The van der Waals surface area contributed by atoms with E-state index in [0.29, 0.717) is 26.1 Å². The Morgan fingerprint density at radius 3 is 2.80 bits per heavy atom. The first-order chi connectivity index (χ1) is 9.76. The Morgan fingerprint density at radius 1 is 1.25 bits per heavy atom. The van der Waals surface area contributed by atoms with Crippen LogP contribution in [0.2, 0.25) is 0 Å². The normalized spacial score (nSPS) is 10.5. The maximum atomic E-state index is 11.4. The summed E-state index contributed by atoms with van der Waals surface area (Å²) in [6.45, 7) is 3.31. The van der Waals surface area contributed by atoms with E-state index in [1.807, 2.05) is 43.3 Å². The van der Waals surface area contributed by atoms with Crippen LogP contribution in [0.5, 0.6) is 5.75 Å². The SMILES string of the molecule is CCNC(=O)CCOc1ccc2ccccc2c1CN. The molecule has 0 aliphatic heterocycles. The number of fused-ring (bicyclic) bond motifs is 1. The third kappa shape index (κ3) is 3.27. The number of benzene rings is 2. The molecule has 20 heavy (non-hydrogen) atoms. The van der Waals surface area contributed by atoms with Crippen LogP contribution in [0.15, 0.2) is 36.4 Å². The van der Waals surface area contributed by atoms with Gasteiger partial charge in [0.1, 0.15) is 5.75 Å². The first-order valence-corrected chi connectivity index (χ1v) is 6.86. The molecule has 0 fully saturated rings. The smallest absolute Gasteiger partial charge is 0.223 e. The highest BCUT2D eigenvalue weighted by molar-refractivity contribution is 5.87. The van der Waals surface area contributed by atoms with Gasteiger partial charge in [0.2, 0.25) is 5.91 Å². The molecule has 0 radical (unpaired) electrons. The van der Waals surface area contributed by atoms with Crippen LogP contribution in [0.3, 0.4) is 0 Å². The Labute approximate surface area is 118 Å². The minimum Gasteiger partial charge on any atom is -0.493 e. The number of carbonyl (C=O) groups is 1. The summed E-state index contributed by atoms with van der Waals surface area (Å²) in [6.07, 6.45) is 0.352. The number of rotatable bonds is 6. The van der Waals surface area contributed by atoms with Gasteiger partial charge in [-0.3, -0.25) is 4.79 Å². The van der Waals surface area contributed by atoms with Gasteiger partial charge < -0.3 is 15.8 Å². The highest BCUT2D eigenvalue weighted by atomic mass is 16.5. The lowest BCUT2D eigenvalue weighted by Crippen LogP contribution is -2.24. The van der Waals surface area contributed by atoms with Crippen molar-refractivity contribution in [2.75, 3.05) is 13.2 Å². The van der Waals surface area contributed by atoms with Crippen LogP contribution in [-0.4, -0.2) is 19.1 Å². The maximum absolute atomic E-state index is 11.4. The molecule has 0 saturated heterocycles. The van der Waals surface area contributed by atoms with E-state index >= 15 is 0 Å². The van der Waals surface area contributed by atoms with Gasteiger partial charge in [-0.25, -0.2) is 0 Å². The number of nitrogens with one attached hydrogen (secondary N) is 1. The van der Waals surface area contributed by atoms with Crippen molar-refractivity contribution in [3.63, 3.8) is 0 Å². The standard InChI is InChI=1S/C16H20N2O2/c1-2-18-16(19)9-10-20-15-8-7-12-5-3-4-6-13(12)14(15)11-17/h3-8H,2,9-11,17H2,1H3,(H,18,19). The maximum Gasteiger partial charge on any atom is 0.223 e. The van der Waals surface area contributed by atoms with Crippen molar-refractivity contribution in [3.05, 3.63) is 42.0 Å². The summed E-state index contributed by atoms with van der Waals surface area (Å²) >= 11 is 0. The molecule has 3 N–H and O–H groups in total. The van der Waals surface area contributed by atoms with E-state index in [4.69, 9.17) is 10.5 Å². The minimum absolute atomic E-state index is 0.00240. The molecule has 1 amide bonds. The molecule has 0 aliphatic rings. The second-order valence-corrected chi connectivity index (χ2v) is 4.52. The predicted octanol–water partition coefficient (Wildman–Crippen LogP) is 2.20.